The molecule has 1 aliphatic rings. The Bertz CT molecular complexity index is 367. The molecule has 2 unspecified atom stereocenters. The first kappa shape index (κ1) is 14.0. The number of hydrogen-bond donors (Lipinski definition) is 1. The van der Waals surface area contributed by atoms with Crippen molar-refractivity contribution in [2.45, 2.75) is 38.5 Å². The molecule has 1 aromatic rings. The quantitative estimate of drug-likeness (QED) is 0.856. The molecule has 100 valence electrons. The summed E-state index contributed by atoms with van der Waals surface area (Å²) in [5.41, 5.74) is 1.37. The van der Waals surface area contributed by atoms with Gasteiger partial charge < -0.3 is 5.32 Å². The molecule has 0 saturated heterocycles. The summed E-state index contributed by atoms with van der Waals surface area (Å²) >= 11 is 3.51. The van der Waals surface area contributed by atoms with E-state index in [1.165, 1.54) is 44.1 Å². The number of rotatable bonds is 4. The van der Waals surface area contributed by atoms with Gasteiger partial charge in [0.2, 0.25) is 0 Å². The fourth-order valence-electron chi connectivity index (χ4n) is 3.13. The summed E-state index contributed by atoms with van der Waals surface area (Å²) in [6, 6.07) is 2.22. The third kappa shape index (κ3) is 4.06. The number of nitrogens with one attached hydrogen (secondary N) is 1. The molecular formula is C15H23BrN2. The number of halogens is 1. The smallest absolute Gasteiger partial charge is 0.0410 e. The first-order chi connectivity index (χ1) is 8.79. The van der Waals surface area contributed by atoms with E-state index in [-0.39, 0.29) is 0 Å². The van der Waals surface area contributed by atoms with Crippen LogP contribution >= 0.6 is 15.9 Å². The van der Waals surface area contributed by atoms with Crippen molar-refractivity contribution in [3.05, 3.63) is 28.5 Å². The number of hydrogen-bond acceptors (Lipinski definition) is 2. The van der Waals surface area contributed by atoms with Gasteiger partial charge in [-0.25, -0.2) is 0 Å². The van der Waals surface area contributed by atoms with Gasteiger partial charge in [0, 0.05) is 16.9 Å². The minimum absolute atomic E-state index is 0.816. The molecule has 0 aromatic carbocycles. The molecule has 0 spiro atoms. The Kier molecular flexibility index (Phi) is 5.64. The predicted octanol–water partition coefficient (Wildman–Crippen LogP) is 3.80. The Morgan fingerprint density at radius 3 is 2.72 bits per heavy atom. The van der Waals surface area contributed by atoms with E-state index in [4.69, 9.17) is 0 Å². The fourth-order valence-corrected chi connectivity index (χ4v) is 3.54. The van der Waals surface area contributed by atoms with Crippen molar-refractivity contribution < 1.29 is 0 Å². The van der Waals surface area contributed by atoms with Gasteiger partial charge in [0.25, 0.3) is 0 Å². The largest absolute Gasteiger partial charge is 0.319 e. The van der Waals surface area contributed by atoms with Gasteiger partial charge in [-0.1, -0.05) is 19.3 Å². The highest BCUT2D eigenvalue weighted by Gasteiger charge is 2.23. The van der Waals surface area contributed by atoms with Crippen LogP contribution in [0, 0.1) is 11.8 Å². The van der Waals surface area contributed by atoms with E-state index in [9.17, 15) is 0 Å². The van der Waals surface area contributed by atoms with Gasteiger partial charge in [-0.05, 0) is 72.3 Å². The van der Waals surface area contributed by atoms with E-state index < -0.39 is 0 Å². The minimum Gasteiger partial charge on any atom is -0.319 e. The molecule has 0 bridgehead atoms. The Balaban J connectivity index is 2.03. The Labute approximate surface area is 119 Å². The van der Waals surface area contributed by atoms with E-state index in [1.807, 2.05) is 12.4 Å². The zero-order chi connectivity index (χ0) is 12.8. The summed E-state index contributed by atoms with van der Waals surface area (Å²) < 4.78 is 1.10. The van der Waals surface area contributed by atoms with Crippen LogP contribution in [0.2, 0.25) is 0 Å². The van der Waals surface area contributed by atoms with Crippen molar-refractivity contribution in [2.75, 3.05) is 13.6 Å². The SMILES string of the molecule is CNCC1CCCCCC1Cc1cncc(Br)c1. The van der Waals surface area contributed by atoms with Crippen LogP contribution in [-0.4, -0.2) is 18.6 Å². The van der Waals surface area contributed by atoms with Crippen molar-refractivity contribution in [3.63, 3.8) is 0 Å². The van der Waals surface area contributed by atoms with Crippen molar-refractivity contribution >= 4 is 15.9 Å². The molecule has 1 aromatic heterocycles. The average Bonchev–Trinajstić information content (AvgIpc) is 2.56. The topological polar surface area (TPSA) is 24.9 Å². The van der Waals surface area contributed by atoms with E-state index in [0.717, 1.165) is 22.9 Å². The Morgan fingerprint density at radius 2 is 2.00 bits per heavy atom. The fraction of sp³-hybridized carbons (Fsp3) is 0.667. The maximum atomic E-state index is 4.28. The van der Waals surface area contributed by atoms with Crippen molar-refractivity contribution in [1.82, 2.24) is 10.3 Å². The minimum atomic E-state index is 0.816. The van der Waals surface area contributed by atoms with E-state index in [2.05, 4.69) is 39.3 Å². The lowest BCUT2D eigenvalue weighted by Crippen LogP contribution is -2.26. The number of aromatic nitrogens is 1. The summed E-state index contributed by atoms with van der Waals surface area (Å²) in [6.07, 6.45) is 12.0. The second-order valence-electron chi connectivity index (χ2n) is 5.43. The average molecular weight is 311 g/mol. The van der Waals surface area contributed by atoms with Gasteiger partial charge in [0.15, 0.2) is 0 Å². The first-order valence-electron chi connectivity index (χ1n) is 7.03. The summed E-state index contributed by atoms with van der Waals surface area (Å²) in [5, 5.41) is 3.37. The van der Waals surface area contributed by atoms with Crippen LogP contribution in [0.15, 0.2) is 22.9 Å². The molecule has 1 fully saturated rings. The maximum absolute atomic E-state index is 4.28. The maximum Gasteiger partial charge on any atom is 0.0410 e. The highest BCUT2D eigenvalue weighted by atomic mass is 79.9. The van der Waals surface area contributed by atoms with Crippen molar-refractivity contribution in [2.24, 2.45) is 11.8 Å². The lowest BCUT2D eigenvalue weighted by atomic mass is 9.83. The van der Waals surface area contributed by atoms with Crippen LogP contribution in [-0.2, 0) is 6.42 Å². The standard InChI is InChI=1S/C15H23BrN2/c1-17-10-14-6-4-2-3-5-13(14)7-12-8-15(16)11-18-9-12/h8-9,11,13-14,17H,2-7,10H2,1H3. The zero-order valence-electron chi connectivity index (χ0n) is 11.2. The molecule has 1 saturated carbocycles. The molecule has 2 nitrogen and oxygen atoms in total. The third-order valence-electron chi connectivity index (χ3n) is 4.04. The molecule has 1 aliphatic carbocycles. The van der Waals surface area contributed by atoms with Crippen LogP contribution < -0.4 is 5.32 Å². The molecule has 0 amide bonds. The predicted molar refractivity (Wildman–Crippen MR) is 79.6 cm³/mol. The second kappa shape index (κ2) is 7.25. The molecule has 2 rings (SSSR count). The molecule has 2 atom stereocenters. The zero-order valence-corrected chi connectivity index (χ0v) is 12.7. The van der Waals surface area contributed by atoms with Crippen LogP contribution in [0.1, 0.15) is 37.7 Å². The highest BCUT2D eigenvalue weighted by molar-refractivity contribution is 9.10. The van der Waals surface area contributed by atoms with E-state index >= 15 is 0 Å². The molecule has 1 N–H and O–H groups in total. The number of nitrogens with zero attached hydrogens (tertiary/aromatic N) is 1. The van der Waals surface area contributed by atoms with Gasteiger partial charge in [-0.15, -0.1) is 0 Å². The molecule has 1 heterocycles. The monoisotopic (exact) mass is 310 g/mol. The molecule has 0 aliphatic heterocycles. The van der Waals surface area contributed by atoms with Gasteiger partial charge in [-0.2, -0.15) is 0 Å². The van der Waals surface area contributed by atoms with Gasteiger partial charge in [-0.3, -0.25) is 4.98 Å². The van der Waals surface area contributed by atoms with Crippen molar-refractivity contribution in [1.29, 1.82) is 0 Å². The van der Waals surface area contributed by atoms with Crippen LogP contribution in [0.4, 0.5) is 0 Å². The lowest BCUT2D eigenvalue weighted by molar-refractivity contribution is 0.303. The Morgan fingerprint density at radius 1 is 1.22 bits per heavy atom. The summed E-state index contributed by atoms with van der Waals surface area (Å²) in [5.74, 6) is 1.65. The molecule has 3 heteroatoms. The molecule has 18 heavy (non-hydrogen) atoms. The molecular weight excluding hydrogens is 288 g/mol. The highest BCUT2D eigenvalue weighted by Crippen LogP contribution is 2.31. The van der Waals surface area contributed by atoms with Crippen LogP contribution in [0.5, 0.6) is 0 Å². The molecule has 0 radical (unpaired) electrons. The summed E-state index contributed by atoms with van der Waals surface area (Å²) in [7, 11) is 2.07. The third-order valence-corrected chi connectivity index (χ3v) is 4.48. The van der Waals surface area contributed by atoms with E-state index in [1.54, 1.807) is 0 Å². The van der Waals surface area contributed by atoms with Crippen LogP contribution in [0.3, 0.4) is 0 Å². The summed E-state index contributed by atoms with van der Waals surface area (Å²) in [4.78, 5) is 4.28. The van der Waals surface area contributed by atoms with Crippen molar-refractivity contribution in [3.8, 4) is 0 Å². The van der Waals surface area contributed by atoms with Crippen LogP contribution in [0.25, 0.3) is 0 Å². The lowest BCUT2D eigenvalue weighted by Gasteiger charge is -2.25. The van der Waals surface area contributed by atoms with Gasteiger partial charge in [0.1, 0.15) is 0 Å². The Hall–Kier alpha value is -0.410. The van der Waals surface area contributed by atoms with Gasteiger partial charge in [0.05, 0.1) is 0 Å². The normalized spacial score (nSPS) is 24.8. The van der Waals surface area contributed by atoms with Gasteiger partial charge >= 0.3 is 0 Å². The second-order valence-corrected chi connectivity index (χ2v) is 6.35. The summed E-state index contributed by atoms with van der Waals surface area (Å²) in [6.45, 7) is 1.16. The first-order valence-corrected chi connectivity index (χ1v) is 7.83. The van der Waals surface area contributed by atoms with E-state index in [0.29, 0.717) is 0 Å². The number of pyridine rings is 1.